The molecule has 8 heteroatoms. The van der Waals surface area contributed by atoms with E-state index in [1.165, 1.54) is 0 Å². The maximum Gasteiger partial charge on any atom is 0.411 e. The molecular formula is C14H25F3N2O3. The van der Waals surface area contributed by atoms with E-state index in [9.17, 15) is 18.0 Å². The quantitative estimate of drug-likeness (QED) is 0.686. The second-order valence-corrected chi connectivity index (χ2v) is 5.87. The first-order valence-electron chi connectivity index (χ1n) is 7.51. The lowest BCUT2D eigenvalue weighted by Gasteiger charge is -2.33. The molecule has 1 amide bonds. The molecule has 0 spiro atoms. The molecule has 1 rings (SSSR count). The number of hydrogen-bond donors (Lipinski definition) is 1. The van der Waals surface area contributed by atoms with Gasteiger partial charge in [-0.2, -0.15) is 13.2 Å². The summed E-state index contributed by atoms with van der Waals surface area (Å²) in [6, 6.07) is 0. The number of hydrogen-bond acceptors (Lipinski definition) is 4. The highest BCUT2D eigenvalue weighted by atomic mass is 19.4. The van der Waals surface area contributed by atoms with E-state index in [2.05, 4.69) is 28.8 Å². The number of rotatable bonds is 8. The van der Waals surface area contributed by atoms with Gasteiger partial charge in [-0.3, -0.25) is 9.69 Å². The standard InChI is InChI=1S/C14H25F3N2O3/c1-11(2)8-19-4-6-22-12(9-19)7-18-13(20)3-5-21-10-14(15,16)17/h11-12H,3-10H2,1-2H3,(H,18,20). The lowest BCUT2D eigenvalue weighted by Crippen LogP contribution is -2.48. The van der Waals surface area contributed by atoms with Gasteiger partial charge in [-0.1, -0.05) is 13.8 Å². The zero-order valence-corrected chi connectivity index (χ0v) is 13.1. The second kappa shape index (κ2) is 9.32. The molecule has 1 fully saturated rings. The van der Waals surface area contributed by atoms with Crippen molar-refractivity contribution >= 4 is 5.91 Å². The number of morpholine rings is 1. The molecule has 130 valence electrons. The summed E-state index contributed by atoms with van der Waals surface area (Å²) in [5, 5.41) is 2.67. The van der Waals surface area contributed by atoms with E-state index < -0.39 is 12.8 Å². The fourth-order valence-corrected chi connectivity index (χ4v) is 2.25. The first-order chi connectivity index (χ1) is 10.3. The van der Waals surface area contributed by atoms with Crippen LogP contribution in [0.1, 0.15) is 20.3 Å². The van der Waals surface area contributed by atoms with Gasteiger partial charge in [0.25, 0.3) is 0 Å². The molecule has 0 bridgehead atoms. The molecule has 1 saturated heterocycles. The summed E-state index contributed by atoms with van der Waals surface area (Å²) in [6.45, 7) is 6.34. The van der Waals surface area contributed by atoms with Crippen LogP contribution in [-0.2, 0) is 14.3 Å². The van der Waals surface area contributed by atoms with Crippen molar-refractivity contribution in [3.63, 3.8) is 0 Å². The van der Waals surface area contributed by atoms with Gasteiger partial charge in [-0.25, -0.2) is 0 Å². The third kappa shape index (κ3) is 9.22. The van der Waals surface area contributed by atoms with Crippen molar-refractivity contribution in [1.29, 1.82) is 0 Å². The van der Waals surface area contributed by atoms with Crippen molar-refractivity contribution in [2.24, 2.45) is 5.92 Å². The zero-order chi connectivity index (χ0) is 16.6. The van der Waals surface area contributed by atoms with E-state index >= 15 is 0 Å². The van der Waals surface area contributed by atoms with Crippen LogP contribution in [0.2, 0.25) is 0 Å². The molecule has 1 unspecified atom stereocenters. The normalized spacial score (nSPS) is 20.4. The maximum atomic E-state index is 11.9. The molecule has 1 aliphatic heterocycles. The highest BCUT2D eigenvalue weighted by molar-refractivity contribution is 5.75. The highest BCUT2D eigenvalue weighted by Crippen LogP contribution is 2.14. The molecule has 0 aliphatic carbocycles. The predicted octanol–water partition coefficient (Wildman–Crippen LogP) is 1.43. The summed E-state index contributed by atoms with van der Waals surface area (Å²) in [4.78, 5) is 13.8. The van der Waals surface area contributed by atoms with E-state index in [0.29, 0.717) is 19.1 Å². The molecule has 0 aromatic heterocycles. The summed E-state index contributed by atoms with van der Waals surface area (Å²) >= 11 is 0. The van der Waals surface area contributed by atoms with Crippen molar-refractivity contribution in [2.75, 3.05) is 46.0 Å². The molecule has 1 aliphatic rings. The molecule has 0 radical (unpaired) electrons. The summed E-state index contributed by atoms with van der Waals surface area (Å²) in [6.07, 6.45) is -4.52. The first-order valence-corrected chi connectivity index (χ1v) is 7.51. The van der Waals surface area contributed by atoms with Crippen LogP contribution in [0.15, 0.2) is 0 Å². The minimum Gasteiger partial charge on any atom is -0.374 e. The Balaban J connectivity index is 2.13. The van der Waals surface area contributed by atoms with Gasteiger partial charge >= 0.3 is 6.18 Å². The predicted molar refractivity (Wildman–Crippen MR) is 75.5 cm³/mol. The zero-order valence-electron chi connectivity index (χ0n) is 13.1. The minimum absolute atomic E-state index is 0.0763. The van der Waals surface area contributed by atoms with Crippen molar-refractivity contribution < 1.29 is 27.4 Å². The van der Waals surface area contributed by atoms with Crippen LogP contribution in [0.25, 0.3) is 0 Å². The Morgan fingerprint density at radius 2 is 2.18 bits per heavy atom. The Kier molecular flexibility index (Phi) is 8.13. The summed E-state index contributed by atoms with van der Waals surface area (Å²) in [5.41, 5.74) is 0. The van der Waals surface area contributed by atoms with Crippen LogP contribution >= 0.6 is 0 Å². The Morgan fingerprint density at radius 1 is 1.45 bits per heavy atom. The number of halogens is 3. The number of amides is 1. The molecule has 5 nitrogen and oxygen atoms in total. The molecular weight excluding hydrogens is 301 g/mol. The van der Waals surface area contributed by atoms with Gasteiger partial charge in [0.1, 0.15) is 6.61 Å². The summed E-state index contributed by atoms with van der Waals surface area (Å²) < 4.78 is 45.5. The van der Waals surface area contributed by atoms with Gasteiger partial charge in [0.15, 0.2) is 0 Å². The molecule has 1 N–H and O–H groups in total. The highest BCUT2D eigenvalue weighted by Gasteiger charge is 2.27. The van der Waals surface area contributed by atoms with Crippen LogP contribution in [-0.4, -0.2) is 69.1 Å². The largest absolute Gasteiger partial charge is 0.411 e. The second-order valence-electron chi connectivity index (χ2n) is 5.87. The van der Waals surface area contributed by atoms with Crippen LogP contribution in [0, 0.1) is 5.92 Å². The number of ether oxygens (including phenoxy) is 2. The molecule has 1 heterocycles. The van der Waals surface area contributed by atoms with Gasteiger partial charge in [0, 0.05) is 32.6 Å². The fraction of sp³-hybridized carbons (Fsp3) is 0.929. The van der Waals surface area contributed by atoms with Gasteiger partial charge in [-0.15, -0.1) is 0 Å². The van der Waals surface area contributed by atoms with Gasteiger partial charge < -0.3 is 14.8 Å². The van der Waals surface area contributed by atoms with E-state index in [4.69, 9.17) is 4.74 Å². The monoisotopic (exact) mass is 326 g/mol. The molecule has 0 saturated carbocycles. The maximum absolute atomic E-state index is 11.9. The van der Waals surface area contributed by atoms with E-state index in [1.807, 2.05) is 0 Å². The molecule has 0 aromatic rings. The summed E-state index contributed by atoms with van der Waals surface area (Å²) in [5.74, 6) is 0.242. The number of alkyl halides is 3. The third-order valence-electron chi connectivity index (χ3n) is 3.11. The van der Waals surface area contributed by atoms with Crippen molar-refractivity contribution in [1.82, 2.24) is 10.2 Å². The van der Waals surface area contributed by atoms with Crippen LogP contribution in [0.5, 0.6) is 0 Å². The van der Waals surface area contributed by atoms with Crippen molar-refractivity contribution in [3.05, 3.63) is 0 Å². The van der Waals surface area contributed by atoms with Crippen molar-refractivity contribution in [3.8, 4) is 0 Å². The number of nitrogens with zero attached hydrogens (tertiary/aromatic N) is 1. The van der Waals surface area contributed by atoms with Crippen LogP contribution < -0.4 is 5.32 Å². The van der Waals surface area contributed by atoms with E-state index in [-0.39, 0.29) is 25.0 Å². The Labute approximate surface area is 129 Å². The van der Waals surface area contributed by atoms with E-state index in [1.54, 1.807) is 0 Å². The van der Waals surface area contributed by atoms with Gasteiger partial charge in [0.2, 0.25) is 5.91 Å². The first kappa shape index (κ1) is 19.2. The lowest BCUT2D eigenvalue weighted by atomic mass is 10.2. The number of nitrogens with one attached hydrogen (secondary N) is 1. The van der Waals surface area contributed by atoms with Crippen LogP contribution in [0.3, 0.4) is 0 Å². The Hall–Kier alpha value is -0.860. The smallest absolute Gasteiger partial charge is 0.374 e. The van der Waals surface area contributed by atoms with Gasteiger partial charge in [-0.05, 0) is 5.92 Å². The van der Waals surface area contributed by atoms with E-state index in [0.717, 1.165) is 19.6 Å². The molecule has 22 heavy (non-hydrogen) atoms. The van der Waals surface area contributed by atoms with Crippen LogP contribution in [0.4, 0.5) is 13.2 Å². The third-order valence-corrected chi connectivity index (χ3v) is 3.11. The number of carbonyl (C=O) groups excluding carboxylic acids is 1. The lowest BCUT2D eigenvalue weighted by molar-refractivity contribution is -0.174. The molecule has 1 atom stereocenters. The van der Waals surface area contributed by atoms with Crippen molar-refractivity contribution in [2.45, 2.75) is 32.5 Å². The van der Waals surface area contributed by atoms with Gasteiger partial charge in [0.05, 0.1) is 19.3 Å². The Morgan fingerprint density at radius 3 is 2.82 bits per heavy atom. The average Bonchev–Trinajstić information content (AvgIpc) is 2.40. The average molecular weight is 326 g/mol. The molecule has 0 aromatic carbocycles. The minimum atomic E-state index is -4.35. The topological polar surface area (TPSA) is 50.8 Å². The fourth-order valence-electron chi connectivity index (χ4n) is 2.25. The number of carbonyl (C=O) groups is 1. The SMILES string of the molecule is CC(C)CN1CCOC(CNC(=O)CCOCC(F)(F)F)C1. The Bertz CT molecular complexity index is 338. The summed E-state index contributed by atoms with van der Waals surface area (Å²) in [7, 11) is 0.